The maximum Gasteiger partial charge on any atom is 0.134 e. The van der Waals surface area contributed by atoms with Crippen molar-refractivity contribution in [1.82, 2.24) is 0 Å². The Bertz CT molecular complexity index is 1360. The van der Waals surface area contributed by atoms with Gasteiger partial charge < -0.3 is 0 Å². The number of fused-ring (bicyclic) bond motifs is 1. The predicted octanol–water partition coefficient (Wildman–Crippen LogP) is 9.41. The van der Waals surface area contributed by atoms with Crippen molar-refractivity contribution in [1.29, 1.82) is 0 Å². The quantitative estimate of drug-likeness (QED) is 0.112. The average Bonchev–Trinajstić information content (AvgIpc) is 2.94. The summed E-state index contributed by atoms with van der Waals surface area (Å²) in [5.74, 6) is 6.40. The topological polar surface area (TPSA) is 0 Å². The number of hydrogen-bond acceptors (Lipinski definition) is 0. The molecule has 1 heteroatoms. The summed E-state index contributed by atoms with van der Waals surface area (Å²) in [5.41, 5.74) is 6.59. The largest absolute Gasteiger partial charge is 0.206 e. The van der Waals surface area contributed by atoms with Crippen LogP contribution in [0.4, 0.5) is 4.39 Å². The van der Waals surface area contributed by atoms with Crippen molar-refractivity contribution in [2.24, 2.45) is 0 Å². The van der Waals surface area contributed by atoms with E-state index in [1.165, 1.54) is 42.4 Å². The smallest absolute Gasteiger partial charge is 0.134 e. The SMILES string of the molecule is C=CCCc1ccc(CCc2ccc3cc(C#Cc4ccc(CCCCCC)cc4)ccc3c2F)cc1. The van der Waals surface area contributed by atoms with Crippen LogP contribution in [0.15, 0.2) is 91.5 Å². The Labute approximate surface area is 222 Å². The summed E-state index contributed by atoms with van der Waals surface area (Å²) in [6, 6.07) is 26.9. The second-order valence-electron chi connectivity index (χ2n) is 9.88. The summed E-state index contributed by atoms with van der Waals surface area (Å²) in [6.07, 6.45) is 11.7. The minimum atomic E-state index is -0.117. The fourth-order valence-electron chi connectivity index (χ4n) is 4.68. The molecule has 0 aliphatic rings. The fraction of sp³-hybridized carbons (Fsp3) is 0.278. The summed E-state index contributed by atoms with van der Waals surface area (Å²) in [6.45, 7) is 6.03. The van der Waals surface area contributed by atoms with Gasteiger partial charge >= 0.3 is 0 Å². The second-order valence-corrected chi connectivity index (χ2v) is 9.88. The van der Waals surface area contributed by atoms with Crippen LogP contribution in [0.3, 0.4) is 0 Å². The number of aryl methyl sites for hydroxylation is 4. The summed E-state index contributed by atoms with van der Waals surface area (Å²) in [4.78, 5) is 0. The van der Waals surface area contributed by atoms with E-state index in [0.717, 1.165) is 47.8 Å². The van der Waals surface area contributed by atoms with Gasteiger partial charge in [0.05, 0.1) is 0 Å². The second kappa shape index (κ2) is 13.6. The molecule has 0 aromatic heterocycles. The van der Waals surface area contributed by atoms with Gasteiger partial charge in [-0.25, -0.2) is 4.39 Å². The van der Waals surface area contributed by atoms with Crippen LogP contribution < -0.4 is 0 Å². The van der Waals surface area contributed by atoms with Gasteiger partial charge in [0.1, 0.15) is 5.82 Å². The maximum atomic E-state index is 15.3. The zero-order chi connectivity index (χ0) is 25.9. The van der Waals surface area contributed by atoms with E-state index in [9.17, 15) is 0 Å². The van der Waals surface area contributed by atoms with Crippen LogP contribution in [0.5, 0.6) is 0 Å². The maximum absolute atomic E-state index is 15.3. The van der Waals surface area contributed by atoms with Crippen LogP contribution in [0, 0.1) is 17.7 Å². The molecule has 0 bridgehead atoms. The minimum absolute atomic E-state index is 0.117. The van der Waals surface area contributed by atoms with Gasteiger partial charge in [0.15, 0.2) is 0 Å². The summed E-state index contributed by atoms with van der Waals surface area (Å²) in [5, 5.41) is 1.55. The van der Waals surface area contributed by atoms with E-state index in [1.54, 1.807) is 0 Å². The Morgan fingerprint density at radius 1 is 0.676 bits per heavy atom. The molecule has 0 unspecified atom stereocenters. The highest BCUT2D eigenvalue weighted by molar-refractivity contribution is 5.85. The third-order valence-electron chi connectivity index (χ3n) is 7.00. The zero-order valence-electron chi connectivity index (χ0n) is 22.0. The molecule has 0 N–H and O–H groups in total. The first-order chi connectivity index (χ1) is 18.2. The number of benzene rings is 4. The zero-order valence-corrected chi connectivity index (χ0v) is 22.0. The molecular formula is C36H37F. The monoisotopic (exact) mass is 488 g/mol. The lowest BCUT2D eigenvalue weighted by Gasteiger charge is -2.08. The Hall–Kier alpha value is -3.63. The molecule has 0 aliphatic carbocycles. The van der Waals surface area contributed by atoms with Crippen LogP contribution in [0.25, 0.3) is 10.8 Å². The number of rotatable bonds is 11. The van der Waals surface area contributed by atoms with Gasteiger partial charge in [-0.2, -0.15) is 0 Å². The highest BCUT2D eigenvalue weighted by Crippen LogP contribution is 2.24. The number of allylic oxidation sites excluding steroid dienone is 1. The van der Waals surface area contributed by atoms with Crippen molar-refractivity contribution >= 4 is 10.8 Å². The molecule has 188 valence electrons. The number of halogens is 1. The predicted molar refractivity (Wildman–Crippen MR) is 157 cm³/mol. The van der Waals surface area contributed by atoms with E-state index in [-0.39, 0.29) is 5.82 Å². The van der Waals surface area contributed by atoms with Gasteiger partial charge in [-0.1, -0.05) is 98.7 Å². The molecule has 4 aromatic carbocycles. The summed E-state index contributed by atoms with van der Waals surface area (Å²) >= 11 is 0. The Morgan fingerprint density at radius 2 is 1.32 bits per heavy atom. The van der Waals surface area contributed by atoms with Crippen LogP contribution in [-0.2, 0) is 25.7 Å². The Balaban J connectivity index is 1.38. The van der Waals surface area contributed by atoms with Gasteiger partial charge in [0.2, 0.25) is 0 Å². The van der Waals surface area contributed by atoms with Crippen LogP contribution in [0.2, 0.25) is 0 Å². The highest BCUT2D eigenvalue weighted by atomic mass is 19.1. The molecule has 0 heterocycles. The van der Waals surface area contributed by atoms with Gasteiger partial charge in [0, 0.05) is 16.5 Å². The van der Waals surface area contributed by atoms with Crippen LogP contribution in [-0.4, -0.2) is 0 Å². The first-order valence-electron chi connectivity index (χ1n) is 13.7. The van der Waals surface area contributed by atoms with Gasteiger partial charge in [-0.15, -0.1) is 6.58 Å². The molecular weight excluding hydrogens is 451 g/mol. The van der Waals surface area contributed by atoms with E-state index in [1.807, 2.05) is 36.4 Å². The third kappa shape index (κ3) is 7.68. The molecule has 0 atom stereocenters. The Morgan fingerprint density at radius 3 is 2.05 bits per heavy atom. The van der Waals surface area contributed by atoms with E-state index in [0.29, 0.717) is 11.8 Å². The molecule has 37 heavy (non-hydrogen) atoms. The van der Waals surface area contributed by atoms with Crippen LogP contribution in [0.1, 0.15) is 72.4 Å². The van der Waals surface area contributed by atoms with E-state index < -0.39 is 0 Å². The average molecular weight is 489 g/mol. The first kappa shape index (κ1) is 26.4. The first-order valence-corrected chi connectivity index (χ1v) is 13.7. The Kier molecular flexibility index (Phi) is 9.73. The van der Waals surface area contributed by atoms with Crippen molar-refractivity contribution < 1.29 is 4.39 Å². The molecule has 0 spiro atoms. The standard InChI is InChI=1S/C36H37F/c1-3-5-7-8-10-29-13-15-30(16-14-29)19-20-32-22-26-35-34(27-32)25-24-33(36(35)37)23-21-31-17-11-28(12-18-31)9-6-4-2/h4,11-18,22,24-27H,2-3,5-10,21,23H2,1H3. The lowest BCUT2D eigenvalue weighted by Crippen LogP contribution is -1.96. The highest BCUT2D eigenvalue weighted by Gasteiger charge is 2.08. The van der Waals surface area contributed by atoms with Gasteiger partial charge in [0.25, 0.3) is 0 Å². The molecule has 0 saturated carbocycles. The van der Waals surface area contributed by atoms with Crippen molar-refractivity contribution in [3.05, 3.63) is 131 Å². The lowest BCUT2D eigenvalue weighted by molar-refractivity contribution is 0.620. The van der Waals surface area contributed by atoms with Crippen molar-refractivity contribution in [3.8, 4) is 11.8 Å². The minimum Gasteiger partial charge on any atom is -0.206 e. The molecule has 0 amide bonds. The lowest BCUT2D eigenvalue weighted by atomic mass is 9.98. The number of unbranched alkanes of at least 4 members (excludes halogenated alkanes) is 3. The normalized spacial score (nSPS) is 10.8. The molecule has 0 saturated heterocycles. The van der Waals surface area contributed by atoms with E-state index in [4.69, 9.17) is 0 Å². The number of hydrogen-bond donors (Lipinski definition) is 0. The molecule has 0 fully saturated rings. The fourth-order valence-corrected chi connectivity index (χ4v) is 4.68. The molecule has 4 rings (SSSR count). The third-order valence-corrected chi connectivity index (χ3v) is 7.00. The van der Waals surface area contributed by atoms with E-state index in [2.05, 4.69) is 73.9 Å². The molecule has 4 aromatic rings. The van der Waals surface area contributed by atoms with Gasteiger partial charge in [-0.05, 0) is 90.4 Å². The van der Waals surface area contributed by atoms with Crippen molar-refractivity contribution in [3.63, 3.8) is 0 Å². The van der Waals surface area contributed by atoms with Crippen molar-refractivity contribution in [2.45, 2.75) is 64.7 Å². The summed E-state index contributed by atoms with van der Waals surface area (Å²) < 4.78 is 15.3. The molecule has 0 aliphatic heterocycles. The summed E-state index contributed by atoms with van der Waals surface area (Å²) in [7, 11) is 0. The van der Waals surface area contributed by atoms with Crippen molar-refractivity contribution in [2.75, 3.05) is 0 Å². The molecule has 0 nitrogen and oxygen atoms in total. The van der Waals surface area contributed by atoms with E-state index >= 15 is 4.39 Å². The van der Waals surface area contributed by atoms with Gasteiger partial charge in [-0.3, -0.25) is 0 Å². The van der Waals surface area contributed by atoms with Crippen LogP contribution >= 0.6 is 0 Å². The molecule has 0 radical (unpaired) electrons.